The summed E-state index contributed by atoms with van der Waals surface area (Å²) in [6.45, 7) is 6.62. The summed E-state index contributed by atoms with van der Waals surface area (Å²) >= 11 is 0. The summed E-state index contributed by atoms with van der Waals surface area (Å²) in [7, 11) is 0. The minimum Gasteiger partial charge on any atom is -0.491 e. The quantitative estimate of drug-likeness (QED) is 0.327. The molecule has 2 rings (SSSR count). The molecule has 1 aromatic rings. The Morgan fingerprint density at radius 1 is 1.26 bits per heavy atom. The molecule has 1 saturated heterocycles. The van der Waals surface area contributed by atoms with Gasteiger partial charge >= 0.3 is 0 Å². The number of amides is 1. The average molecular weight is 321 g/mol. The fraction of sp³-hybridized carbons (Fsp3) is 0.588. The van der Waals surface area contributed by atoms with Crippen LogP contribution in [0.2, 0.25) is 0 Å². The fourth-order valence-corrected chi connectivity index (χ4v) is 2.78. The second-order valence-corrected chi connectivity index (χ2v) is 5.75. The number of carbonyl (C=O) groups is 1. The summed E-state index contributed by atoms with van der Waals surface area (Å²) in [4.78, 5) is 13.9. The molecular weight excluding hydrogens is 294 g/mol. The Kier molecular flexibility index (Phi) is 7.32. The van der Waals surface area contributed by atoms with Gasteiger partial charge in [-0.3, -0.25) is 15.1 Å². The zero-order valence-electron chi connectivity index (χ0n) is 13.8. The third-order valence-corrected chi connectivity index (χ3v) is 4.13. The van der Waals surface area contributed by atoms with Crippen molar-refractivity contribution in [3.05, 3.63) is 29.8 Å². The molecule has 0 bridgehead atoms. The largest absolute Gasteiger partial charge is 0.491 e. The first-order valence-corrected chi connectivity index (χ1v) is 8.25. The van der Waals surface area contributed by atoms with E-state index in [-0.39, 0.29) is 11.8 Å². The van der Waals surface area contributed by atoms with Crippen LogP contribution >= 0.6 is 0 Å². The van der Waals surface area contributed by atoms with Crippen LogP contribution in [0.15, 0.2) is 24.3 Å². The van der Waals surface area contributed by atoms with Gasteiger partial charge in [0.15, 0.2) is 0 Å². The van der Waals surface area contributed by atoms with Gasteiger partial charge in [0.05, 0.1) is 6.61 Å². The van der Waals surface area contributed by atoms with E-state index < -0.39 is 0 Å². The lowest BCUT2D eigenvalue weighted by molar-refractivity contribution is -0.126. The van der Waals surface area contributed by atoms with Crippen molar-refractivity contribution < 1.29 is 14.3 Å². The van der Waals surface area contributed by atoms with Crippen LogP contribution in [-0.4, -0.2) is 43.7 Å². The maximum atomic E-state index is 11.5. The van der Waals surface area contributed by atoms with Gasteiger partial charge < -0.3 is 9.47 Å². The third-order valence-electron chi connectivity index (χ3n) is 4.13. The van der Waals surface area contributed by atoms with E-state index in [2.05, 4.69) is 22.5 Å². The summed E-state index contributed by atoms with van der Waals surface area (Å²) in [5.74, 6) is 6.07. The van der Waals surface area contributed by atoms with Gasteiger partial charge in [-0.25, -0.2) is 5.84 Å². The minimum atomic E-state index is -0.0433. The molecule has 1 aliphatic rings. The number of hydrogen-bond acceptors (Lipinski definition) is 5. The van der Waals surface area contributed by atoms with Crippen molar-refractivity contribution in [2.75, 3.05) is 32.9 Å². The van der Waals surface area contributed by atoms with E-state index in [1.807, 2.05) is 19.1 Å². The van der Waals surface area contributed by atoms with E-state index in [0.717, 1.165) is 38.2 Å². The van der Waals surface area contributed by atoms with Crippen molar-refractivity contribution in [2.45, 2.75) is 26.3 Å². The maximum Gasteiger partial charge on any atom is 0.237 e. The number of nitrogens with zero attached hydrogens (tertiary/aromatic N) is 1. The first-order valence-electron chi connectivity index (χ1n) is 8.25. The van der Waals surface area contributed by atoms with Crippen LogP contribution in [0.5, 0.6) is 5.75 Å². The molecule has 1 heterocycles. The lowest BCUT2D eigenvalue weighted by Gasteiger charge is -2.30. The highest BCUT2D eigenvalue weighted by Gasteiger charge is 2.24. The van der Waals surface area contributed by atoms with Crippen molar-refractivity contribution in [3.8, 4) is 5.75 Å². The number of carbonyl (C=O) groups excluding carboxylic acids is 1. The Morgan fingerprint density at radius 3 is 2.57 bits per heavy atom. The van der Waals surface area contributed by atoms with Crippen LogP contribution in [0.1, 0.15) is 25.3 Å². The van der Waals surface area contributed by atoms with Crippen LogP contribution in [0, 0.1) is 5.92 Å². The van der Waals surface area contributed by atoms with Crippen LogP contribution in [0.4, 0.5) is 0 Å². The summed E-state index contributed by atoms with van der Waals surface area (Å²) in [5, 5.41) is 0. The van der Waals surface area contributed by atoms with Crippen LogP contribution in [-0.2, 0) is 16.1 Å². The standard InChI is InChI=1S/C17H27N3O3/c1-2-22-11-12-23-16-5-3-14(4-6-16)13-20-9-7-15(8-10-20)17(21)19-18/h3-6,15H,2,7-13,18H2,1H3,(H,19,21). The number of rotatable bonds is 8. The van der Waals surface area contributed by atoms with Gasteiger partial charge in [-0.2, -0.15) is 0 Å². The Morgan fingerprint density at radius 2 is 1.96 bits per heavy atom. The lowest BCUT2D eigenvalue weighted by Crippen LogP contribution is -2.42. The van der Waals surface area contributed by atoms with E-state index in [0.29, 0.717) is 19.8 Å². The van der Waals surface area contributed by atoms with Gasteiger partial charge in [0.1, 0.15) is 12.4 Å². The number of likely N-dealkylation sites (tertiary alicyclic amines) is 1. The number of hydrazine groups is 1. The number of nitrogens with one attached hydrogen (secondary N) is 1. The Balaban J connectivity index is 1.73. The van der Waals surface area contributed by atoms with Crippen LogP contribution in [0.25, 0.3) is 0 Å². The first-order chi connectivity index (χ1) is 11.2. The molecular formula is C17H27N3O3. The molecule has 23 heavy (non-hydrogen) atoms. The summed E-state index contributed by atoms with van der Waals surface area (Å²) in [6, 6.07) is 8.18. The Bertz CT molecular complexity index is 470. The second-order valence-electron chi connectivity index (χ2n) is 5.75. The molecule has 1 aliphatic heterocycles. The molecule has 0 radical (unpaired) electrons. The summed E-state index contributed by atoms with van der Waals surface area (Å²) in [6.07, 6.45) is 1.73. The average Bonchev–Trinajstić information content (AvgIpc) is 2.60. The fourth-order valence-electron chi connectivity index (χ4n) is 2.78. The Hall–Kier alpha value is -1.63. The molecule has 0 aromatic heterocycles. The smallest absolute Gasteiger partial charge is 0.237 e. The predicted molar refractivity (Wildman–Crippen MR) is 88.8 cm³/mol. The lowest BCUT2D eigenvalue weighted by atomic mass is 9.96. The molecule has 0 aliphatic carbocycles. The minimum absolute atomic E-state index is 0.0433. The van der Waals surface area contributed by atoms with Gasteiger partial charge in [0, 0.05) is 19.1 Å². The molecule has 1 amide bonds. The zero-order chi connectivity index (χ0) is 16.5. The molecule has 0 atom stereocenters. The van der Waals surface area contributed by atoms with Gasteiger partial charge in [-0.05, 0) is 50.6 Å². The van der Waals surface area contributed by atoms with E-state index in [1.165, 1.54) is 5.56 Å². The highest BCUT2D eigenvalue weighted by molar-refractivity contribution is 5.78. The van der Waals surface area contributed by atoms with E-state index in [1.54, 1.807) is 0 Å². The number of piperidine rings is 1. The van der Waals surface area contributed by atoms with Gasteiger partial charge in [0.2, 0.25) is 5.91 Å². The van der Waals surface area contributed by atoms with E-state index in [4.69, 9.17) is 15.3 Å². The molecule has 6 nitrogen and oxygen atoms in total. The van der Waals surface area contributed by atoms with Crippen molar-refractivity contribution in [1.82, 2.24) is 10.3 Å². The SMILES string of the molecule is CCOCCOc1ccc(CN2CCC(C(=O)NN)CC2)cc1. The number of nitrogens with two attached hydrogens (primary N) is 1. The topological polar surface area (TPSA) is 76.8 Å². The second kappa shape index (κ2) is 9.50. The molecule has 128 valence electrons. The van der Waals surface area contributed by atoms with E-state index in [9.17, 15) is 4.79 Å². The third kappa shape index (κ3) is 5.82. The van der Waals surface area contributed by atoms with Crippen molar-refractivity contribution in [3.63, 3.8) is 0 Å². The normalized spacial score (nSPS) is 16.3. The molecule has 0 saturated carbocycles. The number of benzene rings is 1. The first kappa shape index (κ1) is 17.7. The van der Waals surface area contributed by atoms with Crippen molar-refractivity contribution >= 4 is 5.91 Å². The molecule has 3 N–H and O–H groups in total. The molecule has 0 unspecified atom stereocenters. The predicted octanol–water partition coefficient (Wildman–Crippen LogP) is 1.30. The number of ether oxygens (including phenoxy) is 2. The highest BCUT2D eigenvalue weighted by atomic mass is 16.5. The van der Waals surface area contributed by atoms with Crippen LogP contribution in [0.3, 0.4) is 0 Å². The van der Waals surface area contributed by atoms with Gasteiger partial charge in [-0.1, -0.05) is 12.1 Å². The zero-order valence-corrected chi connectivity index (χ0v) is 13.8. The monoisotopic (exact) mass is 321 g/mol. The van der Waals surface area contributed by atoms with Gasteiger partial charge in [0.25, 0.3) is 0 Å². The Labute approximate surface area is 137 Å². The summed E-state index contributed by atoms with van der Waals surface area (Å²) in [5.41, 5.74) is 3.50. The summed E-state index contributed by atoms with van der Waals surface area (Å²) < 4.78 is 10.9. The number of hydrogen-bond donors (Lipinski definition) is 2. The maximum absolute atomic E-state index is 11.5. The van der Waals surface area contributed by atoms with Gasteiger partial charge in [-0.15, -0.1) is 0 Å². The van der Waals surface area contributed by atoms with Crippen molar-refractivity contribution in [2.24, 2.45) is 11.8 Å². The molecule has 6 heteroatoms. The molecule has 0 spiro atoms. The van der Waals surface area contributed by atoms with E-state index >= 15 is 0 Å². The van der Waals surface area contributed by atoms with Crippen molar-refractivity contribution in [1.29, 1.82) is 0 Å². The van der Waals surface area contributed by atoms with Crippen LogP contribution < -0.4 is 16.0 Å². The molecule has 1 aromatic carbocycles. The molecule has 1 fully saturated rings. The highest BCUT2D eigenvalue weighted by Crippen LogP contribution is 2.20.